The van der Waals surface area contributed by atoms with Crippen molar-refractivity contribution >= 4 is 38.2 Å². The monoisotopic (exact) mass is 380 g/mol. The normalized spacial score (nSPS) is 12.1. The molecule has 0 bridgehead atoms. The van der Waals surface area contributed by atoms with Crippen molar-refractivity contribution in [3.05, 3.63) is 76.8 Å². The Kier molecular flexibility index (Phi) is 4.83. The molecule has 0 spiro atoms. The molecule has 0 fully saturated rings. The first-order chi connectivity index (χ1) is 13.2. The van der Waals surface area contributed by atoms with Gasteiger partial charge in [0.25, 0.3) is 5.91 Å². The molecule has 4 rings (SSSR count). The highest BCUT2D eigenvalue weighted by Crippen LogP contribution is 2.21. The SMILES string of the molecule is COCCn1c(=NC(=O)c2cccc3ccccc23)sc2cc(F)ccc21. The Bertz CT molecular complexity index is 1200. The second-order valence-corrected chi connectivity index (χ2v) is 7.09. The molecule has 1 heterocycles. The third-order valence-corrected chi connectivity index (χ3v) is 5.42. The smallest absolute Gasteiger partial charge is 0.280 e. The number of fused-ring (bicyclic) bond motifs is 2. The Morgan fingerprint density at radius 2 is 1.96 bits per heavy atom. The van der Waals surface area contributed by atoms with Crippen LogP contribution >= 0.6 is 11.3 Å². The molecule has 3 aromatic carbocycles. The lowest BCUT2D eigenvalue weighted by Crippen LogP contribution is -2.19. The second-order valence-electron chi connectivity index (χ2n) is 6.08. The number of rotatable bonds is 4. The summed E-state index contributed by atoms with van der Waals surface area (Å²) in [5, 5.41) is 1.86. The van der Waals surface area contributed by atoms with Crippen molar-refractivity contribution in [1.29, 1.82) is 0 Å². The molecular formula is C21H17FN2O2S. The third-order valence-electron chi connectivity index (χ3n) is 4.38. The van der Waals surface area contributed by atoms with E-state index in [1.807, 2.05) is 41.0 Å². The van der Waals surface area contributed by atoms with Gasteiger partial charge in [0.2, 0.25) is 0 Å². The number of methoxy groups -OCH3 is 1. The molecule has 1 aromatic heterocycles. The number of carbonyl (C=O) groups is 1. The lowest BCUT2D eigenvalue weighted by molar-refractivity contribution is 0.0999. The number of hydrogen-bond acceptors (Lipinski definition) is 3. The molecule has 0 unspecified atom stereocenters. The number of benzene rings is 3. The average Bonchev–Trinajstić information content (AvgIpc) is 3.01. The molecular weight excluding hydrogens is 363 g/mol. The molecule has 0 radical (unpaired) electrons. The van der Waals surface area contributed by atoms with E-state index in [1.165, 1.54) is 23.5 Å². The maximum atomic E-state index is 13.6. The molecule has 4 aromatic rings. The summed E-state index contributed by atoms with van der Waals surface area (Å²) in [4.78, 5) is 17.8. The van der Waals surface area contributed by atoms with Crippen molar-refractivity contribution in [3.8, 4) is 0 Å². The highest BCUT2D eigenvalue weighted by molar-refractivity contribution is 7.16. The van der Waals surface area contributed by atoms with Gasteiger partial charge in [-0.2, -0.15) is 4.99 Å². The summed E-state index contributed by atoms with van der Waals surface area (Å²) in [5.74, 6) is -0.625. The molecule has 27 heavy (non-hydrogen) atoms. The summed E-state index contributed by atoms with van der Waals surface area (Å²) < 4.78 is 21.4. The highest BCUT2D eigenvalue weighted by Gasteiger charge is 2.12. The maximum absolute atomic E-state index is 13.6. The predicted molar refractivity (Wildman–Crippen MR) is 105 cm³/mol. The Morgan fingerprint density at radius 3 is 2.81 bits per heavy atom. The average molecular weight is 380 g/mol. The van der Waals surface area contributed by atoms with E-state index in [2.05, 4.69) is 4.99 Å². The first-order valence-corrected chi connectivity index (χ1v) is 9.33. The van der Waals surface area contributed by atoms with Crippen LogP contribution in [0.5, 0.6) is 0 Å². The number of carbonyl (C=O) groups excluding carboxylic acids is 1. The fourth-order valence-corrected chi connectivity index (χ4v) is 4.17. The zero-order valence-electron chi connectivity index (χ0n) is 14.7. The molecule has 0 saturated carbocycles. The van der Waals surface area contributed by atoms with Crippen LogP contribution in [0.25, 0.3) is 21.0 Å². The van der Waals surface area contributed by atoms with Gasteiger partial charge in [-0.25, -0.2) is 4.39 Å². The van der Waals surface area contributed by atoms with E-state index < -0.39 is 0 Å². The molecule has 0 N–H and O–H groups in total. The van der Waals surface area contributed by atoms with Crippen molar-refractivity contribution in [2.45, 2.75) is 6.54 Å². The fraction of sp³-hybridized carbons (Fsp3) is 0.143. The van der Waals surface area contributed by atoms with Crippen LogP contribution in [0.15, 0.2) is 65.7 Å². The van der Waals surface area contributed by atoms with Crippen LogP contribution in [-0.4, -0.2) is 24.2 Å². The predicted octanol–water partition coefficient (Wildman–Crippen LogP) is 4.38. The maximum Gasteiger partial charge on any atom is 0.280 e. The van der Waals surface area contributed by atoms with Crippen molar-refractivity contribution in [2.24, 2.45) is 4.99 Å². The largest absolute Gasteiger partial charge is 0.383 e. The van der Waals surface area contributed by atoms with Crippen LogP contribution in [0, 0.1) is 5.82 Å². The third kappa shape index (κ3) is 3.41. The van der Waals surface area contributed by atoms with E-state index in [4.69, 9.17) is 4.74 Å². The molecule has 0 atom stereocenters. The highest BCUT2D eigenvalue weighted by atomic mass is 32.1. The molecule has 4 nitrogen and oxygen atoms in total. The fourth-order valence-electron chi connectivity index (χ4n) is 3.09. The number of thiazole rings is 1. The summed E-state index contributed by atoms with van der Waals surface area (Å²) in [5.41, 5.74) is 1.39. The van der Waals surface area contributed by atoms with E-state index >= 15 is 0 Å². The Hall–Kier alpha value is -2.83. The van der Waals surface area contributed by atoms with E-state index in [0.29, 0.717) is 23.5 Å². The van der Waals surface area contributed by atoms with Gasteiger partial charge in [-0.05, 0) is 35.0 Å². The van der Waals surface area contributed by atoms with Crippen LogP contribution in [0.2, 0.25) is 0 Å². The van der Waals surface area contributed by atoms with Gasteiger partial charge in [-0.3, -0.25) is 4.79 Å². The molecule has 0 saturated heterocycles. The minimum atomic E-state index is -0.315. The minimum Gasteiger partial charge on any atom is -0.383 e. The van der Waals surface area contributed by atoms with Gasteiger partial charge >= 0.3 is 0 Å². The number of halogens is 1. The Labute approximate surface area is 159 Å². The zero-order valence-corrected chi connectivity index (χ0v) is 15.5. The van der Waals surface area contributed by atoms with Gasteiger partial charge in [-0.1, -0.05) is 47.7 Å². The van der Waals surface area contributed by atoms with E-state index in [9.17, 15) is 9.18 Å². The van der Waals surface area contributed by atoms with Crippen LogP contribution < -0.4 is 4.80 Å². The summed E-state index contributed by atoms with van der Waals surface area (Å²) in [6.07, 6.45) is 0. The summed E-state index contributed by atoms with van der Waals surface area (Å²) in [7, 11) is 1.62. The molecule has 1 amide bonds. The first-order valence-electron chi connectivity index (χ1n) is 8.52. The van der Waals surface area contributed by atoms with Crippen LogP contribution in [0.3, 0.4) is 0 Å². The lowest BCUT2D eigenvalue weighted by Gasteiger charge is -2.05. The Morgan fingerprint density at radius 1 is 1.15 bits per heavy atom. The van der Waals surface area contributed by atoms with Crippen LogP contribution in [-0.2, 0) is 11.3 Å². The van der Waals surface area contributed by atoms with Crippen molar-refractivity contribution in [2.75, 3.05) is 13.7 Å². The molecule has 0 aliphatic rings. The number of aromatic nitrogens is 1. The molecule has 0 aliphatic heterocycles. The van der Waals surface area contributed by atoms with Gasteiger partial charge in [-0.15, -0.1) is 0 Å². The standard InChI is InChI=1S/C21H17FN2O2S/c1-26-12-11-24-18-10-9-15(22)13-19(18)27-21(24)23-20(25)17-8-4-6-14-5-2-3-7-16(14)17/h2-10,13H,11-12H2,1H3. The molecule has 0 aliphatic carbocycles. The van der Waals surface area contributed by atoms with Crippen LogP contribution in [0.1, 0.15) is 10.4 Å². The van der Waals surface area contributed by atoms with E-state index in [-0.39, 0.29) is 11.7 Å². The van der Waals surface area contributed by atoms with Gasteiger partial charge in [0.05, 0.1) is 16.8 Å². The molecule has 136 valence electrons. The second kappa shape index (κ2) is 7.42. The van der Waals surface area contributed by atoms with Gasteiger partial charge < -0.3 is 9.30 Å². The van der Waals surface area contributed by atoms with Crippen molar-refractivity contribution in [1.82, 2.24) is 4.57 Å². The van der Waals surface area contributed by atoms with Crippen LogP contribution in [0.4, 0.5) is 4.39 Å². The number of hydrogen-bond donors (Lipinski definition) is 0. The topological polar surface area (TPSA) is 43.6 Å². The number of ether oxygens (including phenoxy) is 1. The molecule has 6 heteroatoms. The van der Waals surface area contributed by atoms with Crippen molar-refractivity contribution in [3.63, 3.8) is 0 Å². The summed E-state index contributed by atoms with van der Waals surface area (Å²) in [6.45, 7) is 1.00. The lowest BCUT2D eigenvalue weighted by atomic mass is 10.0. The van der Waals surface area contributed by atoms with E-state index in [1.54, 1.807) is 19.2 Å². The first kappa shape index (κ1) is 17.6. The number of nitrogens with zero attached hydrogens (tertiary/aromatic N) is 2. The van der Waals surface area contributed by atoms with Gasteiger partial charge in [0, 0.05) is 19.2 Å². The van der Waals surface area contributed by atoms with Gasteiger partial charge in [0.15, 0.2) is 4.80 Å². The minimum absolute atomic E-state index is 0.311. The summed E-state index contributed by atoms with van der Waals surface area (Å²) in [6, 6.07) is 17.9. The van der Waals surface area contributed by atoms with Gasteiger partial charge in [0.1, 0.15) is 5.82 Å². The quantitative estimate of drug-likeness (QED) is 0.527. The summed E-state index contributed by atoms with van der Waals surface area (Å²) >= 11 is 1.30. The van der Waals surface area contributed by atoms with Crippen molar-refractivity contribution < 1.29 is 13.9 Å². The Balaban J connectivity index is 1.87. The zero-order chi connectivity index (χ0) is 18.8. The number of amides is 1. The van der Waals surface area contributed by atoms with E-state index in [0.717, 1.165) is 21.0 Å².